The number of halogens is 1. The quantitative estimate of drug-likeness (QED) is 0.366. The molecule has 1 aromatic carbocycles. The molecule has 7 heteroatoms. The van der Waals surface area contributed by atoms with Crippen LogP contribution in [0.3, 0.4) is 0 Å². The Morgan fingerprint density at radius 3 is 3.00 bits per heavy atom. The molecule has 2 fully saturated rings. The Bertz CT molecular complexity index is 626. The summed E-state index contributed by atoms with van der Waals surface area (Å²) in [5.41, 5.74) is 2.42. The van der Waals surface area contributed by atoms with Gasteiger partial charge in [0, 0.05) is 32.7 Å². The number of morpholine rings is 1. The molecule has 2 aliphatic heterocycles. The summed E-state index contributed by atoms with van der Waals surface area (Å²) in [5.74, 6) is 1.77. The Kier molecular flexibility index (Phi) is 9.11. The Hall–Kier alpha value is -1.06. The molecule has 2 atom stereocenters. The molecule has 0 bridgehead atoms. The highest BCUT2D eigenvalue weighted by atomic mass is 127. The number of aryl methyl sites for hydroxylation is 1. The molecule has 2 saturated heterocycles. The smallest absolute Gasteiger partial charge is 0.191 e. The zero-order chi connectivity index (χ0) is 18.4. The standard InChI is InChI=1S/C20H32N4O2.HI/c1-15-6-7-16(11-19(15)25-3)8-9-22-20(21-2)23-12-18-13-24-10-4-5-17(24)14-26-18;/h6-7,11,17-18H,4-5,8-10,12-14H2,1-3H3,(H2,21,22,23);1H. The van der Waals surface area contributed by atoms with Crippen molar-refractivity contribution in [2.45, 2.75) is 38.3 Å². The Morgan fingerprint density at radius 1 is 1.37 bits per heavy atom. The van der Waals surface area contributed by atoms with E-state index in [2.05, 4.69) is 45.6 Å². The molecule has 152 valence electrons. The van der Waals surface area contributed by atoms with Gasteiger partial charge in [0.2, 0.25) is 0 Å². The Morgan fingerprint density at radius 2 is 2.22 bits per heavy atom. The lowest BCUT2D eigenvalue weighted by Gasteiger charge is -2.35. The highest BCUT2D eigenvalue weighted by Crippen LogP contribution is 2.22. The van der Waals surface area contributed by atoms with Crippen molar-refractivity contribution in [2.24, 2.45) is 4.99 Å². The minimum absolute atomic E-state index is 0. The monoisotopic (exact) mass is 488 g/mol. The first-order chi connectivity index (χ1) is 12.7. The van der Waals surface area contributed by atoms with Crippen molar-refractivity contribution >= 4 is 29.9 Å². The summed E-state index contributed by atoms with van der Waals surface area (Å²) < 4.78 is 11.4. The van der Waals surface area contributed by atoms with Crippen molar-refractivity contribution in [1.82, 2.24) is 15.5 Å². The molecular weight excluding hydrogens is 455 g/mol. The molecule has 0 spiro atoms. The average Bonchev–Trinajstić information content (AvgIpc) is 3.13. The molecule has 2 unspecified atom stereocenters. The first-order valence-corrected chi connectivity index (χ1v) is 9.63. The fourth-order valence-corrected chi connectivity index (χ4v) is 3.79. The van der Waals surface area contributed by atoms with Gasteiger partial charge in [0.25, 0.3) is 0 Å². The third-order valence-electron chi connectivity index (χ3n) is 5.36. The van der Waals surface area contributed by atoms with Crippen LogP contribution in [0.25, 0.3) is 0 Å². The van der Waals surface area contributed by atoms with Gasteiger partial charge in [0.05, 0.1) is 19.8 Å². The number of ether oxygens (including phenoxy) is 2. The lowest BCUT2D eigenvalue weighted by molar-refractivity contribution is -0.0453. The van der Waals surface area contributed by atoms with Crippen molar-refractivity contribution in [1.29, 1.82) is 0 Å². The van der Waals surface area contributed by atoms with Crippen molar-refractivity contribution in [2.75, 3.05) is 46.9 Å². The van der Waals surface area contributed by atoms with E-state index >= 15 is 0 Å². The van der Waals surface area contributed by atoms with E-state index in [0.717, 1.165) is 49.9 Å². The molecule has 2 heterocycles. The summed E-state index contributed by atoms with van der Waals surface area (Å²) >= 11 is 0. The van der Waals surface area contributed by atoms with Gasteiger partial charge in [-0.1, -0.05) is 12.1 Å². The van der Waals surface area contributed by atoms with E-state index < -0.39 is 0 Å². The average molecular weight is 488 g/mol. The van der Waals surface area contributed by atoms with Crippen molar-refractivity contribution in [3.63, 3.8) is 0 Å². The van der Waals surface area contributed by atoms with E-state index in [9.17, 15) is 0 Å². The molecule has 27 heavy (non-hydrogen) atoms. The summed E-state index contributed by atoms with van der Waals surface area (Å²) in [7, 11) is 3.52. The predicted molar refractivity (Wildman–Crippen MR) is 121 cm³/mol. The Balaban J connectivity index is 0.00000261. The Labute approximate surface area is 180 Å². The number of nitrogens with zero attached hydrogens (tertiary/aromatic N) is 2. The van der Waals surface area contributed by atoms with Crippen LogP contribution in [-0.4, -0.2) is 69.9 Å². The highest BCUT2D eigenvalue weighted by Gasteiger charge is 2.32. The molecular formula is C20H33IN4O2. The van der Waals surface area contributed by atoms with Crippen LogP contribution in [0.1, 0.15) is 24.0 Å². The topological polar surface area (TPSA) is 58.1 Å². The zero-order valence-electron chi connectivity index (χ0n) is 16.7. The van der Waals surface area contributed by atoms with E-state index in [4.69, 9.17) is 9.47 Å². The van der Waals surface area contributed by atoms with Crippen LogP contribution in [0.4, 0.5) is 0 Å². The number of hydrogen-bond acceptors (Lipinski definition) is 4. The molecule has 0 saturated carbocycles. The van der Waals surface area contributed by atoms with Crippen LogP contribution >= 0.6 is 24.0 Å². The van der Waals surface area contributed by atoms with E-state index in [-0.39, 0.29) is 30.1 Å². The third-order valence-corrected chi connectivity index (χ3v) is 5.36. The highest BCUT2D eigenvalue weighted by molar-refractivity contribution is 14.0. The first-order valence-electron chi connectivity index (χ1n) is 9.63. The maximum Gasteiger partial charge on any atom is 0.191 e. The summed E-state index contributed by atoms with van der Waals surface area (Å²) in [5, 5.41) is 6.78. The summed E-state index contributed by atoms with van der Waals surface area (Å²) in [6.07, 6.45) is 3.76. The molecule has 0 aliphatic carbocycles. The maximum absolute atomic E-state index is 6.00. The van der Waals surface area contributed by atoms with E-state index in [0.29, 0.717) is 6.04 Å². The number of nitrogens with one attached hydrogen (secondary N) is 2. The van der Waals surface area contributed by atoms with Gasteiger partial charge in [0.1, 0.15) is 5.75 Å². The number of methoxy groups -OCH3 is 1. The molecule has 1 aromatic rings. The molecule has 2 N–H and O–H groups in total. The number of fused-ring (bicyclic) bond motifs is 1. The second-order valence-corrected chi connectivity index (χ2v) is 7.18. The second-order valence-electron chi connectivity index (χ2n) is 7.18. The normalized spacial score (nSPS) is 22.7. The number of rotatable bonds is 6. The molecule has 3 rings (SSSR count). The maximum atomic E-state index is 6.00. The molecule has 0 aromatic heterocycles. The lowest BCUT2D eigenvalue weighted by Crippen LogP contribution is -2.51. The van der Waals surface area contributed by atoms with Crippen LogP contribution in [0, 0.1) is 6.92 Å². The first kappa shape index (κ1) is 22.2. The van der Waals surface area contributed by atoms with Crippen molar-refractivity contribution < 1.29 is 9.47 Å². The minimum atomic E-state index is 0. The van der Waals surface area contributed by atoms with Crippen LogP contribution in [0.5, 0.6) is 5.75 Å². The lowest BCUT2D eigenvalue weighted by atomic mass is 10.1. The predicted octanol–water partition coefficient (Wildman–Crippen LogP) is 2.19. The molecule has 6 nitrogen and oxygen atoms in total. The largest absolute Gasteiger partial charge is 0.496 e. The number of guanidine groups is 1. The van der Waals surface area contributed by atoms with Gasteiger partial charge in [-0.3, -0.25) is 9.89 Å². The summed E-state index contributed by atoms with van der Waals surface area (Å²) in [4.78, 5) is 6.88. The zero-order valence-corrected chi connectivity index (χ0v) is 19.0. The van der Waals surface area contributed by atoms with Crippen LogP contribution in [0.15, 0.2) is 23.2 Å². The summed E-state index contributed by atoms with van der Waals surface area (Å²) in [6, 6.07) is 7.01. The number of aliphatic imine (C=N–C) groups is 1. The van der Waals surface area contributed by atoms with Gasteiger partial charge >= 0.3 is 0 Å². The molecule has 0 radical (unpaired) electrons. The van der Waals surface area contributed by atoms with Gasteiger partial charge in [-0.2, -0.15) is 0 Å². The van der Waals surface area contributed by atoms with Gasteiger partial charge in [0.15, 0.2) is 5.96 Å². The van der Waals surface area contributed by atoms with Gasteiger partial charge in [-0.05, 0) is 49.9 Å². The van der Waals surface area contributed by atoms with Gasteiger partial charge in [-0.25, -0.2) is 0 Å². The van der Waals surface area contributed by atoms with E-state index in [1.807, 2.05) is 7.05 Å². The SMILES string of the molecule is CN=C(NCCc1ccc(C)c(OC)c1)NCC1CN2CCCC2CO1.I. The minimum Gasteiger partial charge on any atom is -0.496 e. The second kappa shape index (κ2) is 11.1. The van der Waals surface area contributed by atoms with E-state index in [1.54, 1.807) is 7.11 Å². The van der Waals surface area contributed by atoms with E-state index in [1.165, 1.54) is 24.9 Å². The third kappa shape index (κ3) is 6.22. The summed E-state index contributed by atoms with van der Waals surface area (Å²) in [6.45, 7) is 6.79. The molecule has 0 amide bonds. The fraction of sp³-hybridized carbons (Fsp3) is 0.650. The van der Waals surface area contributed by atoms with Crippen LogP contribution < -0.4 is 15.4 Å². The van der Waals surface area contributed by atoms with Crippen LogP contribution in [-0.2, 0) is 11.2 Å². The molecule has 2 aliphatic rings. The van der Waals surface area contributed by atoms with Gasteiger partial charge in [-0.15, -0.1) is 24.0 Å². The van der Waals surface area contributed by atoms with Crippen LogP contribution in [0.2, 0.25) is 0 Å². The fourth-order valence-electron chi connectivity index (χ4n) is 3.79. The number of benzene rings is 1. The van der Waals surface area contributed by atoms with Gasteiger partial charge < -0.3 is 20.1 Å². The number of hydrogen-bond donors (Lipinski definition) is 2. The van der Waals surface area contributed by atoms with Crippen molar-refractivity contribution in [3.05, 3.63) is 29.3 Å². The van der Waals surface area contributed by atoms with Crippen molar-refractivity contribution in [3.8, 4) is 5.75 Å².